The molecule has 0 spiro atoms. The van der Waals surface area contributed by atoms with Gasteiger partial charge < -0.3 is 5.73 Å². The van der Waals surface area contributed by atoms with Gasteiger partial charge in [-0.05, 0) is 12.1 Å². The topological polar surface area (TPSA) is 106 Å². The molecule has 0 saturated heterocycles. The van der Waals surface area contributed by atoms with Crippen LogP contribution in [0.5, 0.6) is 0 Å². The fourth-order valence-corrected chi connectivity index (χ4v) is 4.44. The third-order valence-corrected chi connectivity index (χ3v) is 5.48. The SMILES string of the molecule is Nc1cccc(F)c1S(=O)(=O)NC1C=CS(=O)(=O)C1. The summed E-state index contributed by atoms with van der Waals surface area (Å²) in [5.41, 5.74) is 5.20. The number of hydrogen-bond donors (Lipinski definition) is 2. The molecular formula is C10H11FN2O4S2. The van der Waals surface area contributed by atoms with E-state index in [0.29, 0.717) is 0 Å². The van der Waals surface area contributed by atoms with Crippen molar-refractivity contribution in [3.05, 3.63) is 35.5 Å². The molecular weight excluding hydrogens is 295 g/mol. The van der Waals surface area contributed by atoms with Gasteiger partial charge in [-0.25, -0.2) is 25.9 Å². The molecule has 0 bridgehead atoms. The highest BCUT2D eigenvalue weighted by molar-refractivity contribution is 7.94. The first-order valence-electron chi connectivity index (χ1n) is 5.18. The molecule has 1 atom stereocenters. The molecule has 0 aliphatic carbocycles. The largest absolute Gasteiger partial charge is 0.398 e. The Morgan fingerprint density at radius 3 is 2.58 bits per heavy atom. The van der Waals surface area contributed by atoms with E-state index in [4.69, 9.17) is 5.73 Å². The van der Waals surface area contributed by atoms with E-state index in [1.54, 1.807) is 0 Å². The zero-order valence-corrected chi connectivity index (χ0v) is 11.2. The van der Waals surface area contributed by atoms with Crippen LogP contribution in [0, 0.1) is 5.82 Å². The van der Waals surface area contributed by atoms with Crippen LogP contribution in [0.25, 0.3) is 0 Å². The number of sulfone groups is 1. The molecule has 19 heavy (non-hydrogen) atoms. The first-order valence-corrected chi connectivity index (χ1v) is 8.38. The highest BCUT2D eigenvalue weighted by Gasteiger charge is 2.29. The van der Waals surface area contributed by atoms with Crippen LogP contribution in [0.15, 0.2) is 34.6 Å². The van der Waals surface area contributed by atoms with Crippen molar-refractivity contribution >= 4 is 25.5 Å². The lowest BCUT2D eigenvalue weighted by atomic mass is 10.3. The van der Waals surface area contributed by atoms with Crippen LogP contribution >= 0.6 is 0 Å². The number of nitrogens with two attached hydrogens (primary N) is 1. The fraction of sp³-hybridized carbons (Fsp3) is 0.200. The summed E-state index contributed by atoms with van der Waals surface area (Å²) < 4.78 is 61.9. The Kier molecular flexibility index (Phi) is 3.37. The fourth-order valence-electron chi connectivity index (χ4n) is 1.72. The molecule has 1 aliphatic heterocycles. The Morgan fingerprint density at radius 2 is 2.05 bits per heavy atom. The molecule has 1 unspecified atom stereocenters. The maximum absolute atomic E-state index is 13.5. The minimum Gasteiger partial charge on any atom is -0.398 e. The monoisotopic (exact) mass is 306 g/mol. The summed E-state index contributed by atoms with van der Waals surface area (Å²) in [6, 6.07) is 2.57. The van der Waals surface area contributed by atoms with E-state index in [-0.39, 0.29) is 11.4 Å². The molecule has 0 aromatic heterocycles. The second-order valence-corrected chi connectivity index (χ2v) is 7.63. The van der Waals surface area contributed by atoms with Crippen molar-refractivity contribution in [3.8, 4) is 0 Å². The summed E-state index contributed by atoms with van der Waals surface area (Å²) >= 11 is 0. The summed E-state index contributed by atoms with van der Waals surface area (Å²) in [5.74, 6) is -1.38. The van der Waals surface area contributed by atoms with Gasteiger partial charge >= 0.3 is 0 Å². The van der Waals surface area contributed by atoms with E-state index in [0.717, 1.165) is 11.5 Å². The maximum Gasteiger partial charge on any atom is 0.246 e. The van der Waals surface area contributed by atoms with Crippen molar-refractivity contribution in [2.45, 2.75) is 10.9 Å². The van der Waals surface area contributed by atoms with Gasteiger partial charge in [0.15, 0.2) is 9.84 Å². The first-order chi connectivity index (χ1) is 8.71. The second kappa shape index (κ2) is 4.58. The minimum absolute atomic E-state index is 0.239. The number of halogens is 1. The Morgan fingerprint density at radius 1 is 1.37 bits per heavy atom. The van der Waals surface area contributed by atoms with E-state index in [9.17, 15) is 21.2 Å². The number of nitrogen functional groups attached to an aromatic ring is 1. The van der Waals surface area contributed by atoms with E-state index in [1.165, 1.54) is 18.2 Å². The Balaban J connectivity index is 2.33. The molecule has 1 heterocycles. The molecule has 3 N–H and O–H groups in total. The molecule has 0 fully saturated rings. The predicted octanol–water partition coefficient (Wildman–Crippen LogP) is -0.00310. The number of anilines is 1. The molecule has 0 saturated carbocycles. The Hall–Kier alpha value is -1.45. The maximum atomic E-state index is 13.5. The van der Waals surface area contributed by atoms with Crippen molar-refractivity contribution in [1.29, 1.82) is 0 Å². The average Bonchev–Trinajstić information content (AvgIpc) is 2.56. The van der Waals surface area contributed by atoms with Gasteiger partial charge in [0, 0.05) is 5.41 Å². The van der Waals surface area contributed by atoms with Crippen molar-refractivity contribution in [3.63, 3.8) is 0 Å². The van der Waals surface area contributed by atoms with Crippen molar-refractivity contribution in [1.82, 2.24) is 4.72 Å². The van der Waals surface area contributed by atoms with Crippen LogP contribution in [-0.2, 0) is 19.9 Å². The van der Waals surface area contributed by atoms with Gasteiger partial charge in [-0.1, -0.05) is 12.1 Å². The first kappa shape index (κ1) is 14.0. The average molecular weight is 306 g/mol. The summed E-state index contributed by atoms with van der Waals surface area (Å²) in [6.45, 7) is 0. The van der Waals surface area contributed by atoms with Crippen molar-refractivity contribution in [2.24, 2.45) is 0 Å². The predicted molar refractivity (Wildman–Crippen MR) is 67.8 cm³/mol. The molecule has 6 nitrogen and oxygen atoms in total. The number of sulfonamides is 1. The van der Waals surface area contributed by atoms with E-state index < -0.39 is 36.6 Å². The van der Waals surface area contributed by atoms with Crippen LogP contribution in [0.3, 0.4) is 0 Å². The molecule has 1 aliphatic rings. The molecule has 1 aromatic carbocycles. The summed E-state index contributed by atoms with van der Waals surface area (Å²) in [4.78, 5) is -0.673. The van der Waals surface area contributed by atoms with Gasteiger partial charge in [-0.2, -0.15) is 0 Å². The zero-order valence-electron chi connectivity index (χ0n) is 9.58. The van der Waals surface area contributed by atoms with Crippen LogP contribution in [0.4, 0.5) is 10.1 Å². The van der Waals surface area contributed by atoms with E-state index in [2.05, 4.69) is 4.72 Å². The summed E-state index contributed by atoms with van der Waals surface area (Å²) in [7, 11) is -7.62. The molecule has 104 valence electrons. The van der Waals surface area contributed by atoms with Crippen molar-refractivity contribution < 1.29 is 21.2 Å². The lowest BCUT2D eigenvalue weighted by molar-refractivity contribution is 0.554. The highest BCUT2D eigenvalue weighted by Crippen LogP contribution is 2.22. The lowest BCUT2D eigenvalue weighted by Gasteiger charge is -2.12. The molecule has 2 rings (SSSR count). The number of nitrogens with one attached hydrogen (secondary N) is 1. The van der Waals surface area contributed by atoms with Crippen LogP contribution in [0.2, 0.25) is 0 Å². The minimum atomic E-state index is -4.22. The molecule has 1 aromatic rings. The summed E-state index contributed by atoms with van der Waals surface area (Å²) in [6.07, 6.45) is 1.20. The van der Waals surface area contributed by atoms with Gasteiger partial charge in [-0.3, -0.25) is 0 Å². The number of rotatable bonds is 3. The Labute approximate surface area is 110 Å². The number of hydrogen-bond acceptors (Lipinski definition) is 5. The van der Waals surface area contributed by atoms with E-state index in [1.807, 2.05) is 0 Å². The Bertz CT molecular complexity index is 721. The molecule has 9 heteroatoms. The highest BCUT2D eigenvalue weighted by atomic mass is 32.2. The number of benzene rings is 1. The normalized spacial score (nSPS) is 21.6. The quantitative estimate of drug-likeness (QED) is 0.764. The second-order valence-electron chi connectivity index (χ2n) is 4.04. The van der Waals surface area contributed by atoms with Crippen LogP contribution < -0.4 is 10.5 Å². The van der Waals surface area contributed by atoms with Gasteiger partial charge in [-0.15, -0.1) is 0 Å². The van der Waals surface area contributed by atoms with Gasteiger partial charge in [0.1, 0.15) is 10.7 Å². The zero-order chi connectivity index (χ0) is 14.3. The van der Waals surface area contributed by atoms with Gasteiger partial charge in [0.05, 0.1) is 17.5 Å². The van der Waals surface area contributed by atoms with Gasteiger partial charge in [0.25, 0.3) is 0 Å². The third-order valence-electron chi connectivity index (χ3n) is 2.50. The smallest absolute Gasteiger partial charge is 0.246 e. The molecule has 0 radical (unpaired) electrons. The van der Waals surface area contributed by atoms with Crippen LogP contribution in [-0.4, -0.2) is 28.6 Å². The van der Waals surface area contributed by atoms with Crippen molar-refractivity contribution in [2.75, 3.05) is 11.5 Å². The third kappa shape index (κ3) is 2.94. The standard InChI is InChI=1S/C10H11FN2O4S2/c11-8-2-1-3-9(12)10(8)19(16,17)13-7-4-5-18(14,15)6-7/h1-5,7,13H,6,12H2. The van der Waals surface area contributed by atoms with Gasteiger partial charge in [0.2, 0.25) is 10.0 Å². The van der Waals surface area contributed by atoms with Crippen LogP contribution in [0.1, 0.15) is 0 Å². The lowest BCUT2D eigenvalue weighted by Crippen LogP contribution is -2.36. The summed E-state index contributed by atoms with van der Waals surface area (Å²) in [5, 5.41) is 0.922. The van der Waals surface area contributed by atoms with E-state index >= 15 is 0 Å². The molecule has 0 amide bonds.